The number of para-hydroxylation sites is 1. The molecule has 0 aliphatic heterocycles. The minimum Gasteiger partial charge on any atom is -0.329 e. The van der Waals surface area contributed by atoms with Crippen molar-refractivity contribution in [3.63, 3.8) is 0 Å². The van der Waals surface area contributed by atoms with E-state index in [4.69, 9.17) is 11.6 Å². The number of carbonyl (C=O) groups excluding carboxylic acids is 1. The van der Waals surface area contributed by atoms with Gasteiger partial charge < -0.3 is 5.32 Å². The first-order chi connectivity index (χ1) is 11.7. The van der Waals surface area contributed by atoms with Gasteiger partial charge in [-0.1, -0.05) is 36.7 Å². The Morgan fingerprint density at radius 1 is 1.21 bits per heavy atom. The second-order valence-corrected chi connectivity index (χ2v) is 5.47. The highest BCUT2D eigenvalue weighted by Crippen LogP contribution is 2.13. The lowest BCUT2D eigenvalue weighted by Crippen LogP contribution is -2.20. The number of amides is 1. The monoisotopic (exact) mass is 343 g/mol. The van der Waals surface area contributed by atoms with Crippen molar-refractivity contribution in [2.75, 3.05) is 5.32 Å². The smallest absolute Gasteiger partial charge is 0.261 e. The second kappa shape index (κ2) is 8.84. The van der Waals surface area contributed by atoms with Crippen molar-refractivity contribution in [2.24, 2.45) is 0 Å². The number of nitrogens with zero attached hydrogens (tertiary/aromatic N) is 2. The van der Waals surface area contributed by atoms with Crippen molar-refractivity contribution in [1.82, 2.24) is 9.55 Å². The first-order valence-corrected chi connectivity index (χ1v) is 7.93. The number of anilines is 1. The molecule has 2 aromatic carbocycles. The molecule has 124 valence electrons. The summed E-state index contributed by atoms with van der Waals surface area (Å²) in [7, 11) is 0. The topological polar surface area (TPSA) is 64.0 Å². The fourth-order valence-electron chi connectivity index (χ4n) is 2.15. The van der Waals surface area contributed by atoms with Gasteiger partial charge in [0.2, 0.25) is 6.41 Å². The summed E-state index contributed by atoms with van der Waals surface area (Å²) < 4.78 is 1.66. The van der Waals surface area contributed by atoms with Crippen LogP contribution >= 0.6 is 11.6 Å². The summed E-state index contributed by atoms with van der Waals surface area (Å²) in [4.78, 5) is 26.0. The Balaban J connectivity index is 0.000000185. The van der Waals surface area contributed by atoms with E-state index in [1.165, 1.54) is 0 Å². The average Bonchev–Trinajstić information content (AvgIpc) is 2.59. The van der Waals surface area contributed by atoms with Crippen molar-refractivity contribution in [1.29, 1.82) is 0 Å². The van der Waals surface area contributed by atoms with Crippen LogP contribution in [0, 0.1) is 0 Å². The zero-order valence-corrected chi connectivity index (χ0v) is 14.0. The van der Waals surface area contributed by atoms with E-state index in [1.807, 2.05) is 31.2 Å². The zero-order chi connectivity index (χ0) is 17.4. The highest BCUT2D eigenvalue weighted by Gasteiger charge is 2.01. The van der Waals surface area contributed by atoms with Crippen LogP contribution in [-0.4, -0.2) is 16.0 Å². The number of nitrogens with one attached hydrogen (secondary N) is 1. The molecule has 0 radical (unpaired) electrons. The maximum absolute atomic E-state index is 11.8. The minimum atomic E-state index is 0.0532. The van der Waals surface area contributed by atoms with Crippen LogP contribution in [0.25, 0.3) is 10.9 Å². The van der Waals surface area contributed by atoms with E-state index in [1.54, 1.807) is 35.2 Å². The molecule has 0 fully saturated rings. The minimum absolute atomic E-state index is 0.0532. The van der Waals surface area contributed by atoms with Gasteiger partial charge in [0.05, 0.1) is 17.2 Å². The predicted octanol–water partition coefficient (Wildman–Crippen LogP) is 3.71. The maximum atomic E-state index is 11.8. The molecule has 0 unspecified atom stereocenters. The summed E-state index contributed by atoms with van der Waals surface area (Å²) >= 11 is 5.62. The Morgan fingerprint density at radius 2 is 2.00 bits per heavy atom. The summed E-state index contributed by atoms with van der Waals surface area (Å²) in [5.74, 6) is 0. The van der Waals surface area contributed by atoms with Gasteiger partial charge in [-0.3, -0.25) is 14.2 Å². The van der Waals surface area contributed by atoms with E-state index in [-0.39, 0.29) is 5.56 Å². The molecule has 0 aliphatic carbocycles. The Hall–Kier alpha value is -2.66. The first kappa shape index (κ1) is 17.7. The van der Waals surface area contributed by atoms with E-state index in [9.17, 15) is 9.59 Å². The summed E-state index contributed by atoms with van der Waals surface area (Å²) in [5.41, 5.74) is 1.53. The van der Waals surface area contributed by atoms with Crippen molar-refractivity contribution in [3.05, 3.63) is 70.2 Å². The Labute approximate surface area is 144 Å². The molecule has 1 aromatic heterocycles. The largest absolute Gasteiger partial charge is 0.329 e. The molecule has 3 rings (SSSR count). The highest BCUT2D eigenvalue weighted by molar-refractivity contribution is 6.30. The molecule has 24 heavy (non-hydrogen) atoms. The number of halogens is 1. The summed E-state index contributed by atoms with van der Waals surface area (Å²) in [6, 6.07) is 14.4. The van der Waals surface area contributed by atoms with Crippen molar-refractivity contribution >= 4 is 34.6 Å². The van der Waals surface area contributed by atoms with Crippen LogP contribution < -0.4 is 10.9 Å². The van der Waals surface area contributed by atoms with Crippen molar-refractivity contribution < 1.29 is 4.79 Å². The number of carbonyl (C=O) groups is 1. The molecule has 1 amide bonds. The van der Waals surface area contributed by atoms with E-state index < -0.39 is 0 Å². The lowest BCUT2D eigenvalue weighted by molar-refractivity contribution is -0.105. The normalized spacial score (nSPS) is 9.92. The van der Waals surface area contributed by atoms with Crippen LogP contribution in [-0.2, 0) is 11.3 Å². The molecule has 0 atom stereocenters. The lowest BCUT2D eigenvalue weighted by atomic mass is 10.2. The predicted molar refractivity (Wildman–Crippen MR) is 97.4 cm³/mol. The fourth-order valence-corrected chi connectivity index (χ4v) is 2.34. The van der Waals surface area contributed by atoms with E-state index in [0.717, 1.165) is 18.5 Å². The van der Waals surface area contributed by atoms with Gasteiger partial charge in [-0.15, -0.1) is 0 Å². The van der Waals surface area contributed by atoms with Crippen LogP contribution in [0.1, 0.15) is 13.3 Å². The maximum Gasteiger partial charge on any atom is 0.261 e. The number of hydrogen-bond donors (Lipinski definition) is 1. The SMILES string of the molecule is CCCn1cnc2ccccc2c1=O.O=CNc1cccc(Cl)c1. The molecule has 0 saturated carbocycles. The first-order valence-electron chi connectivity index (χ1n) is 7.55. The molecule has 1 heterocycles. The number of aryl methyl sites for hydroxylation is 1. The van der Waals surface area contributed by atoms with Crippen LogP contribution in [0.15, 0.2) is 59.7 Å². The zero-order valence-electron chi connectivity index (χ0n) is 13.3. The third kappa shape index (κ3) is 4.67. The number of fused-ring (bicyclic) bond motifs is 1. The Morgan fingerprint density at radius 3 is 2.71 bits per heavy atom. The van der Waals surface area contributed by atoms with Gasteiger partial charge in [-0.05, 0) is 36.8 Å². The molecule has 0 spiro atoms. The van der Waals surface area contributed by atoms with E-state index in [2.05, 4.69) is 10.3 Å². The summed E-state index contributed by atoms with van der Waals surface area (Å²) in [6.07, 6.45) is 3.18. The molecule has 0 bridgehead atoms. The lowest BCUT2D eigenvalue weighted by Gasteiger charge is -2.03. The van der Waals surface area contributed by atoms with E-state index >= 15 is 0 Å². The molecule has 0 saturated heterocycles. The Bertz CT molecular complexity index is 877. The molecule has 6 heteroatoms. The van der Waals surface area contributed by atoms with E-state index in [0.29, 0.717) is 22.5 Å². The number of rotatable bonds is 4. The third-order valence-electron chi connectivity index (χ3n) is 3.25. The number of benzene rings is 2. The standard InChI is InChI=1S/C11H12N2O.C7H6ClNO/c1-2-7-13-8-12-10-6-4-3-5-9(10)11(13)14;8-6-2-1-3-7(4-6)9-5-10/h3-6,8H,2,7H2,1H3;1-5H,(H,9,10). The van der Waals surface area contributed by atoms with Crippen LogP contribution in [0.5, 0.6) is 0 Å². The average molecular weight is 344 g/mol. The summed E-state index contributed by atoms with van der Waals surface area (Å²) in [6.45, 7) is 2.78. The molecular weight excluding hydrogens is 326 g/mol. The second-order valence-electron chi connectivity index (χ2n) is 5.03. The van der Waals surface area contributed by atoms with Crippen LogP contribution in [0.4, 0.5) is 5.69 Å². The quantitative estimate of drug-likeness (QED) is 0.734. The number of aromatic nitrogens is 2. The number of hydrogen-bond acceptors (Lipinski definition) is 3. The molecule has 1 N–H and O–H groups in total. The van der Waals surface area contributed by atoms with Gasteiger partial charge in [-0.2, -0.15) is 0 Å². The van der Waals surface area contributed by atoms with Gasteiger partial charge in [0.25, 0.3) is 5.56 Å². The van der Waals surface area contributed by atoms with Gasteiger partial charge in [0.15, 0.2) is 0 Å². The molecule has 5 nitrogen and oxygen atoms in total. The summed E-state index contributed by atoms with van der Waals surface area (Å²) in [5, 5.41) is 3.80. The van der Waals surface area contributed by atoms with Gasteiger partial charge >= 0.3 is 0 Å². The van der Waals surface area contributed by atoms with Crippen molar-refractivity contribution in [2.45, 2.75) is 19.9 Å². The van der Waals surface area contributed by atoms with Gasteiger partial charge in [0.1, 0.15) is 0 Å². The fraction of sp³-hybridized carbons (Fsp3) is 0.167. The highest BCUT2D eigenvalue weighted by atomic mass is 35.5. The Kier molecular flexibility index (Phi) is 6.51. The molecular formula is C18H18ClN3O2. The third-order valence-corrected chi connectivity index (χ3v) is 3.48. The van der Waals surface area contributed by atoms with Gasteiger partial charge in [0, 0.05) is 17.3 Å². The molecule has 0 aliphatic rings. The van der Waals surface area contributed by atoms with Crippen LogP contribution in [0.3, 0.4) is 0 Å². The van der Waals surface area contributed by atoms with Crippen LogP contribution in [0.2, 0.25) is 5.02 Å². The van der Waals surface area contributed by atoms with Crippen molar-refractivity contribution in [3.8, 4) is 0 Å². The molecule has 3 aromatic rings. The van der Waals surface area contributed by atoms with Gasteiger partial charge in [-0.25, -0.2) is 4.98 Å².